The second kappa shape index (κ2) is 4.13. The van der Waals surface area contributed by atoms with Crippen molar-refractivity contribution in [1.29, 1.82) is 0 Å². The SMILES string of the molecule is O=C(C1C2C3CCC(C3)C12)N1CCCC(CCl)C1. The van der Waals surface area contributed by atoms with Crippen molar-refractivity contribution in [2.45, 2.75) is 32.1 Å². The Balaban J connectivity index is 1.42. The van der Waals surface area contributed by atoms with Crippen molar-refractivity contribution in [2.75, 3.05) is 19.0 Å². The Morgan fingerprint density at radius 3 is 2.56 bits per heavy atom. The normalized spacial score (nSPS) is 49.3. The highest BCUT2D eigenvalue weighted by Crippen LogP contribution is 2.69. The van der Waals surface area contributed by atoms with Crippen molar-refractivity contribution in [3.63, 3.8) is 0 Å². The molecule has 2 bridgehead atoms. The van der Waals surface area contributed by atoms with E-state index in [-0.39, 0.29) is 0 Å². The highest BCUT2D eigenvalue weighted by Gasteiger charge is 2.68. The molecule has 18 heavy (non-hydrogen) atoms. The monoisotopic (exact) mass is 267 g/mol. The second-order valence-corrected chi connectivity index (χ2v) is 7.27. The molecular formula is C15H22ClNO. The topological polar surface area (TPSA) is 20.3 Å². The van der Waals surface area contributed by atoms with Crippen LogP contribution < -0.4 is 0 Å². The van der Waals surface area contributed by atoms with Gasteiger partial charge in [-0.25, -0.2) is 0 Å². The molecule has 0 spiro atoms. The molecule has 1 aliphatic heterocycles. The van der Waals surface area contributed by atoms with Gasteiger partial charge in [0.15, 0.2) is 0 Å². The Kier molecular flexibility index (Phi) is 2.65. The number of likely N-dealkylation sites (tertiary alicyclic amines) is 1. The summed E-state index contributed by atoms with van der Waals surface area (Å²) in [6.45, 7) is 1.91. The fraction of sp³-hybridized carbons (Fsp3) is 0.933. The lowest BCUT2D eigenvalue weighted by atomic mass is 9.97. The van der Waals surface area contributed by atoms with Crippen molar-refractivity contribution in [2.24, 2.45) is 35.5 Å². The van der Waals surface area contributed by atoms with Gasteiger partial charge in [-0.1, -0.05) is 0 Å². The summed E-state index contributed by atoms with van der Waals surface area (Å²) in [5, 5.41) is 0. The molecule has 1 amide bonds. The number of alkyl halides is 1. The third-order valence-corrected chi connectivity index (χ3v) is 6.51. The maximum absolute atomic E-state index is 12.6. The highest BCUT2D eigenvalue weighted by atomic mass is 35.5. The predicted molar refractivity (Wildman–Crippen MR) is 71.3 cm³/mol. The van der Waals surface area contributed by atoms with Crippen molar-refractivity contribution in [1.82, 2.24) is 4.90 Å². The minimum absolute atomic E-state index is 0.422. The summed E-state index contributed by atoms with van der Waals surface area (Å²) in [7, 11) is 0. The summed E-state index contributed by atoms with van der Waals surface area (Å²) in [6, 6.07) is 0. The van der Waals surface area contributed by atoms with Gasteiger partial charge in [0.2, 0.25) is 5.91 Å². The third-order valence-electron chi connectivity index (χ3n) is 6.07. The average molecular weight is 268 g/mol. The van der Waals surface area contributed by atoms with Crippen molar-refractivity contribution in [3.05, 3.63) is 0 Å². The van der Waals surface area contributed by atoms with Gasteiger partial charge in [-0.15, -0.1) is 11.6 Å². The van der Waals surface area contributed by atoms with Crippen molar-refractivity contribution < 1.29 is 4.79 Å². The molecule has 4 rings (SSSR count). The van der Waals surface area contributed by atoms with E-state index in [0.29, 0.717) is 23.6 Å². The Morgan fingerprint density at radius 2 is 1.89 bits per heavy atom. The summed E-state index contributed by atoms with van der Waals surface area (Å²) in [5.41, 5.74) is 0. The molecule has 5 atom stereocenters. The molecule has 5 unspecified atom stereocenters. The molecule has 100 valence electrons. The molecule has 0 aromatic heterocycles. The number of hydrogen-bond acceptors (Lipinski definition) is 1. The lowest BCUT2D eigenvalue weighted by Crippen LogP contribution is -2.42. The third kappa shape index (κ3) is 1.57. The maximum Gasteiger partial charge on any atom is 0.226 e. The first-order valence-corrected chi connectivity index (χ1v) is 8.18. The fourth-order valence-electron chi connectivity index (χ4n) is 5.26. The predicted octanol–water partition coefficient (Wildman–Crippen LogP) is 2.76. The Labute approximate surface area is 114 Å². The number of hydrogen-bond donors (Lipinski definition) is 0. The zero-order valence-corrected chi connectivity index (χ0v) is 11.6. The number of amides is 1. The van der Waals surface area contributed by atoms with Crippen LogP contribution in [-0.4, -0.2) is 29.8 Å². The van der Waals surface area contributed by atoms with E-state index in [1.165, 1.54) is 25.7 Å². The number of piperidine rings is 1. The van der Waals surface area contributed by atoms with Gasteiger partial charge in [0, 0.05) is 24.9 Å². The Morgan fingerprint density at radius 1 is 1.17 bits per heavy atom. The molecule has 1 saturated heterocycles. The minimum Gasteiger partial charge on any atom is -0.342 e. The number of rotatable bonds is 2. The van der Waals surface area contributed by atoms with Gasteiger partial charge in [-0.3, -0.25) is 4.79 Å². The van der Waals surface area contributed by atoms with Crippen molar-refractivity contribution in [3.8, 4) is 0 Å². The van der Waals surface area contributed by atoms with E-state index >= 15 is 0 Å². The van der Waals surface area contributed by atoms with Gasteiger partial charge < -0.3 is 4.90 Å². The van der Waals surface area contributed by atoms with E-state index in [2.05, 4.69) is 4.90 Å². The number of nitrogens with zero attached hydrogens (tertiary/aromatic N) is 1. The first kappa shape index (κ1) is 11.6. The Hall–Kier alpha value is -0.240. The first-order chi connectivity index (χ1) is 8.79. The molecule has 0 aromatic carbocycles. The van der Waals surface area contributed by atoms with Crippen LogP contribution in [0, 0.1) is 35.5 Å². The lowest BCUT2D eigenvalue weighted by molar-refractivity contribution is -0.135. The van der Waals surface area contributed by atoms with Gasteiger partial charge in [0.1, 0.15) is 0 Å². The number of carbonyl (C=O) groups is 1. The van der Waals surface area contributed by atoms with E-state index in [4.69, 9.17) is 11.6 Å². The molecule has 2 nitrogen and oxygen atoms in total. The zero-order chi connectivity index (χ0) is 12.3. The zero-order valence-electron chi connectivity index (χ0n) is 10.9. The lowest BCUT2D eigenvalue weighted by Gasteiger charge is -2.32. The van der Waals surface area contributed by atoms with E-state index in [9.17, 15) is 4.79 Å². The van der Waals surface area contributed by atoms with E-state index in [0.717, 1.165) is 43.2 Å². The largest absolute Gasteiger partial charge is 0.342 e. The Bertz CT molecular complexity index is 356. The summed E-state index contributed by atoms with van der Waals surface area (Å²) in [4.78, 5) is 14.8. The summed E-state index contributed by atoms with van der Waals surface area (Å²) in [5.74, 6) is 5.54. The number of carbonyl (C=O) groups excluding carboxylic acids is 1. The molecule has 3 heteroatoms. The summed E-state index contributed by atoms with van der Waals surface area (Å²) in [6.07, 6.45) is 6.59. The van der Waals surface area contributed by atoms with Crippen LogP contribution in [0.1, 0.15) is 32.1 Å². The van der Waals surface area contributed by atoms with Crippen molar-refractivity contribution >= 4 is 17.5 Å². The molecular weight excluding hydrogens is 246 g/mol. The van der Waals surface area contributed by atoms with Crippen LogP contribution in [-0.2, 0) is 4.79 Å². The summed E-state index contributed by atoms with van der Waals surface area (Å²) < 4.78 is 0. The molecule has 0 aromatic rings. The standard InChI is InChI=1S/C15H22ClNO/c16-7-9-2-1-5-17(8-9)15(18)14-12-10-3-4-11(6-10)13(12)14/h9-14H,1-8H2. The highest BCUT2D eigenvalue weighted by molar-refractivity contribution is 6.18. The van der Waals surface area contributed by atoms with E-state index in [1.54, 1.807) is 0 Å². The molecule has 3 saturated carbocycles. The smallest absolute Gasteiger partial charge is 0.226 e. The van der Waals surface area contributed by atoms with Crippen LogP contribution in [0.4, 0.5) is 0 Å². The molecule has 0 N–H and O–H groups in total. The van der Waals surface area contributed by atoms with Gasteiger partial charge in [0.05, 0.1) is 0 Å². The first-order valence-electron chi connectivity index (χ1n) is 7.64. The van der Waals surface area contributed by atoms with E-state index in [1.807, 2.05) is 0 Å². The number of halogens is 1. The average Bonchev–Trinajstić information content (AvgIpc) is 2.85. The van der Waals surface area contributed by atoms with Crippen LogP contribution in [0.15, 0.2) is 0 Å². The van der Waals surface area contributed by atoms with Crippen LogP contribution in [0.3, 0.4) is 0 Å². The fourth-order valence-corrected chi connectivity index (χ4v) is 5.51. The maximum atomic E-state index is 12.6. The quantitative estimate of drug-likeness (QED) is 0.705. The molecule has 3 aliphatic carbocycles. The van der Waals surface area contributed by atoms with Crippen LogP contribution in [0.2, 0.25) is 0 Å². The molecule has 4 aliphatic rings. The molecule has 1 heterocycles. The second-order valence-electron chi connectivity index (χ2n) is 6.96. The number of fused-ring (bicyclic) bond motifs is 5. The van der Waals surface area contributed by atoms with Crippen LogP contribution in [0.25, 0.3) is 0 Å². The van der Waals surface area contributed by atoms with Gasteiger partial charge in [-0.05, 0) is 61.7 Å². The van der Waals surface area contributed by atoms with Crippen LogP contribution in [0.5, 0.6) is 0 Å². The molecule has 4 fully saturated rings. The minimum atomic E-state index is 0.422. The van der Waals surface area contributed by atoms with Gasteiger partial charge >= 0.3 is 0 Å². The van der Waals surface area contributed by atoms with Gasteiger partial charge in [-0.2, -0.15) is 0 Å². The van der Waals surface area contributed by atoms with Gasteiger partial charge in [0.25, 0.3) is 0 Å². The van der Waals surface area contributed by atoms with E-state index < -0.39 is 0 Å². The summed E-state index contributed by atoms with van der Waals surface area (Å²) >= 11 is 5.96. The van der Waals surface area contributed by atoms with Crippen LogP contribution >= 0.6 is 11.6 Å². The molecule has 0 radical (unpaired) electrons.